The Kier molecular flexibility index (Phi) is 2.53. The normalized spacial score (nSPS) is 19.5. The molecular weight excluding hydrogens is 234 g/mol. The monoisotopic (exact) mass is 245 g/mol. The molecule has 1 fully saturated rings. The van der Waals surface area contributed by atoms with E-state index < -0.39 is 0 Å². The first-order chi connectivity index (χ1) is 5.77. The van der Waals surface area contributed by atoms with E-state index in [1.54, 1.807) is 11.3 Å². The third-order valence-electron chi connectivity index (χ3n) is 2.38. The fourth-order valence-electron chi connectivity index (χ4n) is 1.41. The molecule has 1 unspecified atom stereocenters. The highest BCUT2D eigenvalue weighted by Gasteiger charge is 2.28. The molecule has 0 aliphatic heterocycles. The third kappa shape index (κ3) is 1.90. The molecule has 12 heavy (non-hydrogen) atoms. The Morgan fingerprint density at radius 2 is 2.42 bits per heavy atom. The van der Waals surface area contributed by atoms with Crippen LogP contribution in [-0.2, 0) is 6.42 Å². The van der Waals surface area contributed by atoms with Gasteiger partial charge in [-0.25, -0.2) is 0 Å². The molecule has 1 atom stereocenters. The van der Waals surface area contributed by atoms with Gasteiger partial charge in [0.2, 0.25) is 0 Å². The van der Waals surface area contributed by atoms with E-state index in [-0.39, 0.29) is 0 Å². The second-order valence-corrected chi connectivity index (χ2v) is 5.66. The van der Waals surface area contributed by atoms with Gasteiger partial charge >= 0.3 is 0 Å². The zero-order chi connectivity index (χ0) is 8.55. The number of thiophene rings is 1. The molecule has 1 nitrogen and oxygen atoms in total. The molecule has 3 heteroatoms. The molecule has 1 aromatic rings. The zero-order valence-electron chi connectivity index (χ0n) is 6.79. The fourth-order valence-corrected chi connectivity index (χ4v) is 2.68. The van der Waals surface area contributed by atoms with E-state index in [9.17, 15) is 0 Å². The summed E-state index contributed by atoms with van der Waals surface area (Å²) in [6, 6.07) is 2.55. The minimum Gasteiger partial charge on any atom is -0.327 e. The number of hydrogen-bond donors (Lipinski definition) is 1. The van der Waals surface area contributed by atoms with E-state index in [1.165, 1.54) is 22.2 Å². The highest BCUT2D eigenvalue weighted by Crippen LogP contribution is 2.34. The van der Waals surface area contributed by atoms with Gasteiger partial charge in [0.15, 0.2) is 0 Å². The topological polar surface area (TPSA) is 26.0 Å². The first-order valence-corrected chi connectivity index (χ1v) is 5.92. The van der Waals surface area contributed by atoms with E-state index in [0.717, 1.165) is 12.3 Å². The molecule has 1 heterocycles. The molecule has 66 valence electrons. The first kappa shape index (κ1) is 8.73. The molecule has 1 aliphatic carbocycles. The van der Waals surface area contributed by atoms with Crippen molar-refractivity contribution in [2.24, 2.45) is 11.7 Å². The summed E-state index contributed by atoms with van der Waals surface area (Å²) in [5.41, 5.74) is 7.40. The number of halogens is 1. The van der Waals surface area contributed by atoms with Gasteiger partial charge in [-0.05, 0) is 58.1 Å². The predicted octanol–water partition coefficient (Wildman–Crippen LogP) is 2.79. The van der Waals surface area contributed by atoms with Crippen molar-refractivity contribution in [3.05, 3.63) is 20.8 Å². The van der Waals surface area contributed by atoms with Gasteiger partial charge in [0.1, 0.15) is 0 Å². The first-order valence-electron chi connectivity index (χ1n) is 4.25. The van der Waals surface area contributed by atoms with Gasteiger partial charge in [0, 0.05) is 6.04 Å². The Labute approximate surface area is 85.1 Å². The molecule has 2 N–H and O–H groups in total. The van der Waals surface area contributed by atoms with Crippen LogP contribution >= 0.6 is 27.3 Å². The van der Waals surface area contributed by atoms with Gasteiger partial charge < -0.3 is 5.73 Å². The lowest BCUT2D eigenvalue weighted by Crippen LogP contribution is -2.24. The van der Waals surface area contributed by atoms with Crippen molar-refractivity contribution in [1.82, 2.24) is 0 Å². The molecule has 1 aromatic heterocycles. The SMILES string of the molecule is NC(Cc1ccsc1Br)C1CC1. The lowest BCUT2D eigenvalue weighted by atomic mass is 10.1. The molecular formula is C9H12BrNS. The Morgan fingerprint density at radius 3 is 2.92 bits per heavy atom. The number of hydrogen-bond acceptors (Lipinski definition) is 2. The van der Waals surface area contributed by atoms with Crippen LogP contribution in [0.4, 0.5) is 0 Å². The molecule has 1 saturated carbocycles. The summed E-state index contributed by atoms with van der Waals surface area (Å²) in [6.45, 7) is 0. The standard InChI is InChI=1S/C9H12BrNS/c10-9-7(3-4-12-9)5-8(11)6-1-2-6/h3-4,6,8H,1-2,5,11H2. The van der Waals surface area contributed by atoms with Crippen molar-refractivity contribution < 1.29 is 0 Å². The van der Waals surface area contributed by atoms with Crippen molar-refractivity contribution in [2.75, 3.05) is 0 Å². The van der Waals surface area contributed by atoms with Crippen molar-refractivity contribution >= 4 is 27.3 Å². The van der Waals surface area contributed by atoms with Gasteiger partial charge in [-0.3, -0.25) is 0 Å². The largest absolute Gasteiger partial charge is 0.327 e. The van der Waals surface area contributed by atoms with E-state index in [1.807, 2.05) is 0 Å². The third-order valence-corrected chi connectivity index (χ3v) is 4.19. The molecule has 0 spiro atoms. The zero-order valence-corrected chi connectivity index (χ0v) is 9.20. The summed E-state index contributed by atoms with van der Waals surface area (Å²) >= 11 is 5.27. The smallest absolute Gasteiger partial charge is 0.0730 e. The van der Waals surface area contributed by atoms with Crippen LogP contribution in [0.25, 0.3) is 0 Å². The second kappa shape index (κ2) is 3.48. The van der Waals surface area contributed by atoms with Crippen LogP contribution in [0.1, 0.15) is 18.4 Å². The van der Waals surface area contributed by atoms with Crippen LogP contribution in [0.5, 0.6) is 0 Å². The van der Waals surface area contributed by atoms with Gasteiger partial charge in [-0.2, -0.15) is 0 Å². The average molecular weight is 246 g/mol. The van der Waals surface area contributed by atoms with E-state index in [2.05, 4.69) is 27.4 Å². The van der Waals surface area contributed by atoms with Crippen LogP contribution in [0.3, 0.4) is 0 Å². The number of rotatable bonds is 3. The summed E-state index contributed by atoms with van der Waals surface area (Å²) in [7, 11) is 0. The van der Waals surface area contributed by atoms with Crippen molar-refractivity contribution in [2.45, 2.75) is 25.3 Å². The molecule has 0 aromatic carbocycles. The predicted molar refractivity (Wildman–Crippen MR) is 56.4 cm³/mol. The molecule has 0 amide bonds. The Balaban J connectivity index is 1.97. The van der Waals surface area contributed by atoms with Crippen LogP contribution in [0.2, 0.25) is 0 Å². The number of nitrogens with two attached hydrogens (primary N) is 1. The summed E-state index contributed by atoms with van der Waals surface area (Å²) in [4.78, 5) is 0. The average Bonchev–Trinajstić information content (AvgIpc) is 2.80. The minimum atomic E-state index is 0.385. The van der Waals surface area contributed by atoms with Gasteiger partial charge in [-0.15, -0.1) is 11.3 Å². The van der Waals surface area contributed by atoms with Crippen molar-refractivity contribution in [3.63, 3.8) is 0 Å². The van der Waals surface area contributed by atoms with Crippen LogP contribution < -0.4 is 5.73 Å². The van der Waals surface area contributed by atoms with Crippen LogP contribution in [-0.4, -0.2) is 6.04 Å². The van der Waals surface area contributed by atoms with Gasteiger partial charge in [0.05, 0.1) is 3.79 Å². The minimum absolute atomic E-state index is 0.385. The summed E-state index contributed by atoms with van der Waals surface area (Å²) in [5, 5.41) is 2.11. The molecule has 0 bridgehead atoms. The maximum atomic E-state index is 6.02. The summed E-state index contributed by atoms with van der Waals surface area (Å²) in [5.74, 6) is 0.803. The molecule has 0 radical (unpaired) electrons. The Hall–Kier alpha value is 0.140. The van der Waals surface area contributed by atoms with Crippen LogP contribution in [0.15, 0.2) is 15.2 Å². The lowest BCUT2D eigenvalue weighted by Gasteiger charge is -2.08. The Morgan fingerprint density at radius 1 is 1.67 bits per heavy atom. The summed E-state index contributed by atoms with van der Waals surface area (Å²) in [6.07, 6.45) is 3.71. The van der Waals surface area contributed by atoms with Crippen molar-refractivity contribution in [3.8, 4) is 0 Å². The highest BCUT2D eigenvalue weighted by molar-refractivity contribution is 9.11. The lowest BCUT2D eigenvalue weighted by molar-refractivity contribution is 0.592. The van der Waals surface area contributed by atoms with E-state index >= 15 is 0 Å². The Bertz CT molecular complexity index is 267. The maximum Gasteiger partial charge on any atom is 0.0730 e. The van der Waals surface area contributed by atoms with E-state index in [4.69, 9.17) is 5.73 Å². The van der Waals surface area contributed by atoms with Gasteiger partial charge in [-0.1, -0.05) is 0 Å². The molecule has 1 aliphatic rings. The van der Waals surface area contributed by atoms with Crippen molar-refractivity contribution in [1.29, 1.82) is 0 Å². The molecule has 0 saturated heterocycles. The van der Waals surface area contributed by atoms with Gasteiger partial charge in [0.25, 0.3) is 0 Å². The summed E-state index contributed by atoms with van der Waals surface area (Å²) < 4.78 is 1.25. The van der Waals surface area contributed by atoms with E-state index in [0.29, 0.717) is 6.04 Å². The fraction of sp³-hybridized carbons (Fsp3) is 0.556. The second-order valence-electron chi connectivity index (χ2n) is 3.42. The highest BCUT2D eigenvalue weighted by atomic mass is 79.9. The quantitative estimate of drug-likeness (QED) is 0.871. The molecule has 2 rings (SSSR count). The van der Waals surface area contributed by atoms with Crippen LogP contribution in [0, 0.1) is 5.92 Å². The maximum absolute atomic E-state index is 6.02.